The van der Waals surface area contributed by atoms with Gasteiger partial charge < -0.3 is 11.1 Å². The zero-order valence-corrected chi connectivity index (χ0v) is 15.0. The maximum absolute atomic E-state index is 12.9. The molecule has 3 aromatic carbocycles. The molecule has 1 aliphatic rings. The number of nitrogens with zero attached hydrogens (tertiary/aromatic N) is 1. The summed E-state index contributed by atoms with van der Waals surface area (Å²) in [5.74, 6) is -2.02. The van der Waals surface area contributed by atoms with Gasteiger partial charge in [0.25, 0.3) is 5.91 Å². The third-order valence-electron chi connectivity index (χ3n) is 5.01. The summed E-state index contributed by atoms with van der Waals surface area (Å²) >= 11 is 0. The van der Waals surface area contributed by atoms with Gasteiger partial charge in [-0.3, -0.25) is 19.3 Å². The highest BCUT2D eigenvalue weighted by molar-refractivity contribution is 6.04. The lowest BCUT2D eigenvalue weighted by molar-refractivity contribution is -0.124. The van der Waals surface area contributed by atoms with Crippen LogP contribution in [0.2, 0.25) is 0 Å². The molecule has 1 aliphatic heterocycles. The van der Waals surface area contributed by atoms with Crippen LogP contribution in [0, 0.1) is 5.92 Å². The van der Waals surface area contributed by atoms with Gasteiger partial charge in [-0.1, -0.05) is 48.5 Å². The van der Waals surface area contributed by atoms with Gasteiger partial charge in [-0.2, -0.15) is 0 Å². The summed E-state index contributed by atoms with van der Waals surface area (Å²) in [6.45, 7) is 0. The molecule has 3 aromatic rings. The minimum atomic E-state index is -0.827. The Labute approximate surface area is 161 Å². The molecule has 6 heteroatoms. The molecule has 0 saturated carbocycles. The van der Waals surface area contributed by atoms with Crippen molar-refractivity contribution in [1.29, 1.82) is 0 Å². The van der Waals surface area contributed by atoms with E-state index in [1.165, 1.54) is 4.90 Å². The van der Waals surface area contributed by atoms with Gasteiger partial charge in [-0.15, -0.1) is 0 Å². The van der Waals surface area contributed by atoms with Crippen molar-refractivity contribution >= 4 is 34.2 Å². The Hall–Kier alpha value is -3.67. The minimum Gasteiger partial charge on any atom is -0.369 e. The van der Waals surface area contributed by atoms with E-state index in [2.05, 4.69) is 5.32 Å². The molecule has 1 heterocycles. The Morgan fingerprint density at radius 3 is 2.32 bits per heavy atom. The van der Waals surface area contributed by atoms with Crippen molar-refractivity contribution in [3.05, 3.63) is 78.4 Å². The third kappa shape index (κ3) is 3.20. The maximum atomic E-state index is 12.9. The van der Waals surface area contributed by atoms with Crippen LogP contribution in [0.4, 0.5) is 5.69 Å². The Morgan fingerprint density at radius 2 is 1.61 bits per heavy atom. The average Bonchev–Trinajstić information content (AvgIpc) is 3.04. The Balaban J connectivity index is 1.66. The third-order valence-corrected chi connectivity index (χ3v) is 5.01. The number of hydrogen-bond donors (Lipinski definition) is 2. The molecule has 0 radical (unpaired) electrons. The van der Waals surface area contributed by atoms with E-state index < -0.39 is 18.0 Å². The van der Waals surface area contributed by atoms with Crippen molar-refractivity contribution in [3.8, 4) is 0 Å². The van der Waals surface area contributed by atoms with E-state index in [1.54, 1.807) is 36.4 Å². The van der Waals surface area contributed by atoms with Crippen molar-refractivity contribution in [3.63, 3.8) is 0 Å². The second-order valence-electron chi connectivity index (χ2n) is 6.79. The predicted molar refractivity (Wildman–Crippen MR) is 106 cm³/mol. The van der Waals surface area contributed by atoms with Crippen LogP contribution in [0.1, 0.15) is 16.8 Å². The van der Waals surface area contributed by atoms with Crippen LogP contribution in [0.5, 0.6) is 0 Å². The first-order valence-electron chi connectivity index (χ1n) is 9.01. The van der Waals surface area contributed by atoms with Crippen LogP contribution >= 0.6 is 0 Å². The summed E-state index contributed by atoms with van der Waals surface area (Å²) in [6, 6.07) is 22.0. The molecule has 1 saturated heterocycles. The number of benzene rings is 3. The van der Waals surface area contributed by atoms with E-state index in [1.807, 2.05) is 36.4 Å². The van der Waals surface area contributed by atoms with Crippen molar-refractivity contribution in [1.82, 2.24) is 5.32 Å². The molecule has 2 unspecified atom stereocenters. The SMILES string of the molecule is NC(=O)C1CC(=O)N(c2ccccc2)C1NC(=O)c1ccc2ccccc2c1. The topological polar surface area (TPSA) is 92.5 Å². The highest BCUT2D eigenvalue weighted by Crippen LogP contribution is 2.30. The largest absolute Gasteiger partial charge is 0.369 e. The molecule has 0 aliphatic carbocycles. The van der Waals surface area contributed by atoms with E-state index >= 15 is 0 Å². The van der Waals surface area contributed by atoms with Crippen LogP contribution in [0.3, 0.4) is 0 Å². The van der Waals surface area contributed by atoms with Gasteiger partial charge in [-0.25, -0.2) is 0 Å². The number of fused-ring (bicyclic) bond motifs is 1. The maximum Gasteiger partial charge on any atom is 0.252 e. The average molecular weight is 373 g/mol. The zero-order valence-electron chi connectivity index (χ0n) is 15.0. The number of nitrogens with two attached hydrogens (primary N) is 1. The van der Waals surface area contributed by atoms with Crippen molar-refractivity contribution in [2.24, 2.45) is 11.7 Å². The van der Waals surface area contributed by atoms with Crippen molar-refractivity contribution in [2.75, 3.05) is 4.90 Å². The zero-order chi connectivity index (χ0) is 19.7. The molecule has 0 aromatic heterocycles. The van der Waals surface area contributed by atoms with Crippen LogP contribution in [-0.4, -0.2) is 23.9 Å². The van der Waals surface area contributed by atoms with Gasteiger partial charge in [0.15, 0.2) is 0 Å². The van der Waals surface area contributed by atoms with E-state index in [-0.39, 0.29) is 18.2 Å². The molecule has 3 amide bonds. The standard InChI is InChI=1S/C22H19N3O3/c23-20(27)18-13-19(26)25(17-8-2-1-3-9-17)21(18)24-22(28)16-11-10-14-6-4-5-7-15(14)12-16/h1-12,18,21H,13H2,(H2,23,27)(H,24,28). The first-order chi connectivity index (χ1) is 13.5. The number of hydrogen-bond acceptors (Lipinski definition) is 3. The number of carbonyl (C=O) groups is 3. The fourth-order valence-electron chi connectivity index (χ4n) is 3.60. The number of nitrogens with one attached hydrogen (secondary N) is 1. The normalized spacial score (nSPS) is 19.0. The summed E-state index contributed by atoms with van der Waals surface area (Å²) in [4.78, 5) is 38.8. The summed E-state index contributed by atoms with van der Waals surface area (Å²) in [5, 5.41) is 4.79. The lowest BCUT2D eigenvalue weighted by Crippen LogP contribution is -2.51. The predicted octanol–water partition coefficient (Wildman–Crippen LogP) is 2.43. The summed E-state index contributed by atoms with van der Waals surface area (Å²) in [7, 11) is 0. The van der Waals surface area contributed by atoms with Crippen LogP contribution in [-0.2, 0) is 9.59 Å². The molecule has 140 valence electrons. The molecule has 28 heavy (non-hydrogen) atoms. The van der Waals surface area contributed by atoms with E-state index in [4.69, 9.17) is 5.73 Å². The Kier molecular flexibility index (Phi) is 4.53. The fraction of sp³-hybridized carbons (Fsp3) is 0.136. The van der Waals surface area contributed by atoms with E-state index in [0.717, 1.165) is 10.8 Å². The molecular weight excluding hydrogens is 354 g/mol. The fourth-order valence-corrected chi connectivity index (χ4v) is 3.60. The van der Waals surface area contributed by atoms with E-state index in [0.29, 0.717) is 11.3 Å². The highest BCUT2D eigenvalue weighted by Gasteiger charge is 2.44. The van der Waals surface area contributed by atoms with Crippen molar-refractivity contribution in [2.45, 2.75) is 12.6 Å². The van der Waals surface area contributed by atoms with Crippen molar-refractivity contribution < 1.29 is 14.4 Å². The summed E-state index contributed by atoms with van der Waals surface area (Å²) in [5.41, 5.74) is 6.57. The molecular formula is C22H19N3O3. The number of para-hydroxylation sites is 1. The number of carbonyl (C=O) groups excluding carboxylic acids is 3. The molecule has 4 rings (SSSR count). The lowest BCUT2D eigenvalue weighted by Gasteiger charge is -2.28. The van der Waals surface area contributed by atoms with Crippen LogP contribution in [0.15, 0.2) is 72.8 Å². The minimum absolute atomic E-state index is 0.0348. The molecule has 0 spiro atoms. The van der Waals surface area contributed by atoms with Gasteiger partial charge in [-0.05, 0) is 35.0 Å². The molecule has 3 N–H and O–H groups in total. The van der Waals surface area contributed by atoms with Gasteiger partial charge >= 0.3 is 0 Å². The quantitative estimate of drug-likeness (QED) is 0.736. The van der Waals surface area contributed by atoms with Gasteiger partial charge in [0.2, 0.25) is 11.8 Å². The first-order valence-corrected chi connectivity index (χ1v) is 9.01. The summed E-state index contributed by atoms with van der Waals surface area (Å²) in [6.07, 6.45) is -0.862. The molecule has 0 bridgehead atoms. The Morgan fingerprint density at radius 1 is 0.929 bits per heavy atom. The number of rotatable bonds is 4. The second kappa shape index (κ2) is 7.15. The number of primary amides is 1. The first kappa shape index (κ1) is 17.7. The highest BCUT2D eigenvalue weighted by atomic mass is 16.2. The molecule has 2 atom stereocenters. The van der Waals surface area contributed by atoms with Crippen LogP contribution in [0.25, 0.3) is 10.8 Å². The molecule has 1 fully saturated rings. The Bertz CT molecular complexity index is 1060. The number of amides is 3. The molecule has 6 nitrogen and oxygen atoms in total. The van der Waals surface area contributed by atoms with E-state index in [9.17, 15) is 14.4 Å². The summed E-state index contributed by atoms with van der Waals surface area (Å²) < 4.78 is 0. The second-order valence-corrected chi connectivity index (χ2v) is 6.79. The lowest BCUT2D eigenvalue weighted by atomic mass is 10.0. The van der Waals surface area contributed by atoms with Gasteiger partial charge in [0.05, 0.1) is 5.92 Å². The monoisotopic (exact) mass is 373 g/mol. The smallest absolute Gasteiger partial charge is 0.252 e. The number of anilines is 1. The van der Waals surface area contributed by atoms with Gasteiger partial charge in [0.1, 0.15) is 6.17 Å². The van der Waals surface area contributed by atoms with Crippen LogP contribution < -0.4 is 16.0 Å². The van der Waals surface area contributed by atoms with Gasteiger partial charge in [0, 0.05) is 17.7 Å².